The van der Waals surface area contributed by atoms with Crippen molar-refractivity contribution in [2.45, 2.75) is 20.4 Å². The number of aryl methyl sites for hydroxylation is 1. The van der Waals surface area contributed by atoms with Crippen LogP contribution in [0.25, 0.3) is 0 Å². The fourth-order valence-electron chi connectivity index (χ4n) is 1.55. The van der Waals surface area contributed by atoms with E-state index in [1.165, 1.54) is 5.56 Å². The second kappa shape index (κ2) is 6.89. The Hall–Kier alpha value is -0.570. The van der Waals surface area contributed by atoms with E-state index in [4.69, 9.17) is 16.3 Å². The van der Waals surface area contributed by atoms with Crippen molar-refractivity contribution in [3.05, 3.63) is 34.3 Å². The number of hydrogen-bond donors (Lipinski definition) is 1. The van der Waals surface area contributed by atoms with Crippen molar-refractivity contribution in [1.29, 1.82) is 0 Å². The lowest BCUT2D eigenvalue weighted by molar-refractivity contribution is 0.158. The normalized spacial score (nSPS) is 12.8. The number of rotatable bonds is 6. The highest BCUT2D eigenvalue weighted by atomic mass is 35.5. The lowest BCUT2D eigenvalue weighted by Crippen LogP contribution is -2.23. The summed E-state index contributed by atoms with van der Waals surface area (Å²) in [6.07, 6.45) is 0. The molecule has 0 aliphatic heterocycles. The molecule has 1 unspecified atom stereocenters. The first kappa shape index (κ1) is 13.5. The van der Waals surface area contributed by atoms with E-state index in [0.717, 1.165) is 30.3 Å². The maximum atomic E-state index is 6.06. The average molecular weight is 242 g/mol. The average Bonchev–Trinajstić information content (AvgIpc) is 2.24. The van der Waals surface area contributed by atoms with Crippen LogP contribution in [0.15, 0.2) is 18.2 Å². The molecule has 0 heterocycles. The molecule has 0 bridgehead atoms. The van der Waals surface area contributed by atoms with E-state index < -0.39 is 0 Å². The highest BCUT2D eigenvalue weighted by Crippen LogP contribution is 2.16. The van der Waals surface area contributed by atoms with Crippen molar-refractivity contribution < 1.29 is 4.74 Å². The Morgan fingerprint density at radius 2 is 2.19 bits per heavy atom. The summed E-state index contributed by atoms with van der Waals surface area (Å²) in [5, 5.41) is 4.23. The lowest BCUT2D eigenvalue weighted by atomic mass is 10.1. The standard InChI is InChI=1S/C13H20ClNO/c1-10(9-16-3)7-15-8-12-5-4-11(2)13(14)6-12/h4-6,10,15H,7-9H2,1-3H3. The molecule has 16 heavy (non-hydrogen) atoms. The Kier molecular flexibility index (Phi) is 5.81. The molecule has 0 fully saturated rings. The van der Waals surface area contributed by atoms with Gasteiger partial charge in [-0.25, -0.2) is 0 Å². The van der Waals surface area contributed by atoms with Gasteiger partial charge in [0.25, 0.3) is 0 Å². The Balaban J connectivity index is 2.34. The van der Waals surface area contributed by atoms with E-state index in [9.17, 15) is 0 Å². The van der Waals surface area contributed by atoms with Crippen LogP contribution in [-0.4, -0.2) is 20.3 Å². The number of hydrogen-bond acceptors (Lipinski definition) is 2. The number of benzene rings is 1. The van der Waals surface area contributed by atoms with Crippen molar-refractivity contribution >= 4 is 11.6 Å². The minimum atomic E-state index is 0.533. The van der Waals surface area contributed by atoms with Gasteiger partial charge >= 0.3 is 0 Å². The largest absolute Gasteiger partial charge is 0.384 e. The van der Waals surface area contributed by atoms with Crippen LogP contribution in [0.3, 0.4) is 0 Å². The molecule has 3 heteroatoms. The fourth-order valence-corrected chi connectivity index (χ4v) is 1.76. The number of methoxy groups -OCH3 is 1. The molecule has 0 aromatic heterocycles. The second-order valence-electron chi connectivity index (χ2n) is 4.27. The van der Waals surface area contributed by atoms with E-state index in [0.29, 0.717) is 5.92 Å². The summed E-state index contributed by atoms with van der Waals surface area (Å²) in [7, 11) is 1.73. The zero-order valence-corrected chi connectivity index (χ0v) is 11.0. The second-order valence-corrected chi connectivity index (χ2v) is 4.68. The molecule has 0 amide bonds. The van der Waals surface area contributed by atoms with Crippen molar-refractivity contribution in [2.24, 2.45) is 5.92 Å². The first-order valence-corrected chi connectivity index (χ1v) is 5.96. The lowest BCUT2D eigenvalue weighted by Gasteiger charge is -2.11. The predicted octanol–water partition coefficient (Wildman–Crippen LogP) is 3.02. The molecule has 1 atom stereocenters. The maximum Gasteiger partial charge on any atom is 0.0499 e. The topological polar surface area (TPSA) is 21.3 Å². The van der Waals surface area contributed by atoms with Gasteiger partial charge in [-0.2, -0.15) is 0 Å². The van der Waals surface area contributed by atoms with Crippen LogP contribution in [0.2, 0.25) is 5.02 Å². The van der Waals surface area contributed by atoms with Crippen molar-refractivity contribution in [2.75, 3.05) is 20.3 Å². The van der Waals surface area contributed by atoms with E-state index in [2.05, 4.69) is 24.4 Å². The Morgan fingerprint density at radius 3 is 2.81 bits per heavy atom. The molecular weight excluding hydrogens is 222 g/mol. The first-order valence-electron chi connectivity index (χ1n) is 5.58. The van der Waals surface area contributed by atoms with E-state index in [-0.39, 0.29) is 0 Å². The molecule has 2 nitrogen and oxygen atoms in total. The van der Waals surface area contributed by atoms with Crippen LogP contribution < -0.4 is 5.32 Å². The van der Waals surface area contributed by atoms with Crippen molar-refractivity contribution in [3.8, 4) is 0 Å². The van der Waals surface area contributed by atoms with Gasteiger partial charge in [-0.15, -0.1) is 0 Å². The van der Waals surface area contributed by atoms with Gasteiger partial charge in [0, 0.05) is 31.8 Å². The quantitative estimate of drug-likeness (QED) is 0.827. The SMILES string of the molecule is COCC(C)CNCc1ccc(C)c(Cl)c1. The summed E-state index contributed by atoms with van der Waals surface area (Å²) < 4.78 is 5.08. The summed E-state index contributed by atoms with van der Waals surface area (Å²) in [6, 6.07) is 6.18. The third kappa shape index (κ3) is 4.52. The van der Waals surface area contributed by atoms with Gasteiger partial charge in [0.2, 0.25) is 0 Å². The predicted molar refractivity (Wildman–Crippen MR) is 68.9 cm³/mol. The number of ether oxygens (including phenoxy) is 1. The van der Waals surface area contributed by atoms with Crippen LogP contribution in [0, 0.1) is 12.8 Å². The Bertz CT molecular complexity index is 328. The molecule has 1 N–H and O–H groups in total. The van der Waals surface area contributed by atoms with Gasteiger partial charge in [0.15, 0.2) is 0 Å². The van der Waals surface area contributed by atoms with E-state index in [1.54, 1.807) is 7.11 Å². The van der Waals surface area contributed by atoms with E-state index in [1.807, 2.05) is 13.0 Å². The molecule has 1 aromatic carbocycles. The third-order valence-electron chi connectivity index (χ3n) is 2.51. The summed E-state index contributed by atoms with van der Waals surface area (Å²) in [4.78, 5) is 0. The van der Waals surface area contributed by atoms with Gasteiger partial charge in [0.05, 0.1) is 0 Å². The van der Waals surface area contributed by atoms with Gasteiger partial charge in [-0.05, 0) is 30.0 Å². The zero-order chi connectivity index (χ0) is 12.0. The third-order valence-corrected chi connectivity index (χ3v) is 2.92. The molecule has 90 valence electrons. The van der Waals surface area contributed by atoms with E-state index >= 15 is 0 Å². The summed E-state index contributed by atoms with van der Waals surface area (Å²) in [5.41, 5.74) is 2.35. The molecule has 0 radical (unpaired) electrons. The fraction of sp³-hybridized carbons (Fsp3) is 0.538. The van der Waals surface area contributed by atoms with Gasteiger partial charge in [-0.3, -0.25) is 0 Å². The highest BCUT2D eigenvalue weighted by molar-refractivity contribution is 6.31. The molecule has 1 aromatic rings. The van der Waals surface area contributed by atoms with Crippen molar-refractivity contribution in [1.82, 2.24) is 5.32 Å². The minimum Gasteiger partial charge on any atom is -0.384 e. The molecule has 0 saturated carbocycles. The van der Waals surface area contributed by atoms with Crippen LogP contribution in [-0.2, 0) is 11.3 Å². The van der Waals surface area contributed by atoms with Gasteiger partial charge in [-0.1, -0.05) is 30.7 Å². The number of nitrogens with one attached hydrogen (secondary N) is 1. The first-order chi connectivity index (χ1) is 7.63. The monoisotopic (exact) mass is 241 g/mol. The molecule has 0 spiro atoms. The highest BCUT2D eigenvalue weighted by Gasteiger charge is 2.01. The summed E-state index contributed by atoms with van der Waals surface area (Å²) in [5.74, 6) is 0.533. The zero-order valence-electron chi connectivity index (χ0n) is 10.2. The Morgan fingerprint density at radius 1 is 1.44 bits per heavy atom. The number of halogens is 1. The van der Waals surface area contributed by atoms with Crippen LogP contribution in [0.4, 0.5) is 0 Å². The van der Waals surface area contributed by atoms with Crippen LogP contribution in [0.1, 0.15) is 18.1 Å². The Labute approximate surface area is 103 Å². The van der Waals surface area contributed by atoms with Crippen LogP contribution >= 0.6 is 11.6 Å². The molecule has 0 aliphatic carbocycles. The van der Waals surface area contributed by atoms with Crippen LogP contribution in [0.5, 0.6) is 0 Å². The minimum absolute atomic E-state index is 0.533. The molecule has 1 rings (SSSR count). The summed E-state index contributed by atoms with van der Waals surface area (Å²) >= 11 is 6.06. The maximum absolute atomic E-state index is 6.06. The van der Waals surface area contributed by atoms with Gasteiger partial charge < -0.3 is 10.1 Å². The molecule has 0 saturated heterocycles. The molecule has 0 aliphatic rings. The van der Waals surface area contributed by atoms with Crippen molar-refractivity contribution in [3.63, 3.8) is 0 Å². The van der Waals surface area contributed by atoms with Gasteiger partial charge in [0.1, 0.15) is 0 Å². The summed E-state index contributed by atoms with van der Waals surface area (Å²) in [6.45, 7) is 6.79. The molecular formula is C13H20ClNO. The smallest absolute Gasteiger partial charge is 0.0499 e.